The lowest BCUT2D eigenvalue weighted by Crippen LogP contribution is -2.19. The zero-order valence-electron chi connectivity index (χ0n) is 7.64. The zero-order chi connectivity index (χ0) is 9.60. The van der Waals surface area contributed by atoms with E-state index in [2.05, 4.69) is 9.97 Å². The molecule has 2 atom stereocenters. The third-order valence-corrected chi connectivity index (χ3v) is 3.19. The summed E-state index contributed by atoms with van der Waals surface area (Å²) in [5.41, 5.74) is 0.394. The second kappa shape index (κ2) is 2.60. The van der Waals surface area contributed by atoms with E-state index in [1.165, 1.54) is 6.33 Å². The Morgan fingerprint density at radius 3 is 2.86 bits per heavy atom. The predicted octanol–water partition coefficient (Wildman–Crippen LogP) is 0.696. The number of fused-ring (bicyclic) bond motifs is 1. The Balaban J connectivity index is 1.91. The van der Waals surface area contributed by atoms with Crippen molar-refractivity contribution in [1.29, 1.82) is 0 Å². The first-order valence-electron chi connectivity index (χ1n) is 4.70. The van der Waals surface area contributed by atoms with Crippen LogP contribution in [0.15, 0.2) is 18.7 Å². The van der Waals surface area contributed by atoms with E-state index >= 15 is 0 Å². The van der Waals surface area contributed by atoms with Crippen LogP contribution in [0.25, 0.3) is 0 Å². The molecule has 0 N–H and O–H groups in total. The van der Waals surface area contributed by atoms with Gasteiger partial charge in [0, 0.05) is 12.4 Å². The Hall–Kier alpha value is -1.29. The van der Waals surface area contributed by atoms with Crippen molar-refractivity contribution in [3.05, 3.63) is 24.3 Å². The lowest BCUT2D eigenvalue weighted by Gasteiger charge is -2.08. The van der Waals surface area contributed by atoms with Crippen molar-refractivity contribution < 1.29 is 9.53 Å². The molecular weight excluding hydrogens is 180 g/mol. The third kappa shape index (κ3) is 0.944. The van der Waals surface area contributed by atoms with Crippen molar-refractivity contribution >= 4 is 5.78 Å². The summed E-state index contributed by atoms with van der Waals surface area (Å²) in [5, 5.41) is 0. The zero-order valence-corrected chi connectivity index (χ0v) is 7.64. The molecule has 2 heterocycles. The number of nitrogens with zero attached hydrogens (tertiary/aromatic N) is 2. The molecule has 1 saturated carbocycles. The molecule has 1 aromatic heterocycles. The van der Waals surface area contributed by atoms with Crippen molar-refractivity contribution in [2.75, 3.05) is 13.2 Å². The van der Waals surface area contributed by atoms with Gasteiger partial charge in [-0.3, -0.25) is 4.79 Å². The Kier molecular flexibility index (Phi) is 1.50. The fourth-order valence-corrected chi connectivity index (χ4v) is 2.21. The average Bonchev–Trinajstić information content (AvgIpc) is 2.82. The van der Waals surface area contributed by atoms with Crippen LogP contribution in [0, 0.1) is 11.3 Å². The van der Waals surface area contributed by atoms with Crippen LogP contribution in [-0.2, 0) is 4.74 Å². The fraction of sp³-hybridized carbons (Fsp3) is 0.500. The van der Waals surface area contributed by atoms with Crippen LogP contribution in [-0.4, -0.2) is 29.0 Å². The lowest BCUT2D eigenvalue weighted by molar-refractivity contribution is 0.0828. The number of rotatable bonds is 2. The summed E-state index contributed by atoms with van der Waals surface area (Å²) in [6.07, 6.45) is 5.57. The molecule has 0 spiro atoms. The van der Waals surface area contributed by atoms with Gasteiger partial charge >= 0.3 is 0 Å². The summed E-state index contributed by atoms with van der Waals surface area (Å²) in [6, 6.07) is 0. The Labute approximate surface area is 81.3 Å². The maximum absolute atomic E-state index is 12.1. The smallest absolute Gasteiger partial charge is 0.174 e. The van der Waals surface area contributed by atoms with Crippen molar-refractivity contribution in [1.82, 2.24) is 9.97 Å². The molecule has 3 rings (SSSR count). The Morgan fingerprint density at radius 1 is 1.50 bits per heavy atom. The van der Waals surface area contributed by atoms with Crippen LogP contribution >= 0.6 is 0 Å². The molecular formula is C10H10N2O2. The van der Waals surface area contributed by atoms with E-state index in [9.17, 15) is 4.79 Å². The first kappa shape index (κ1) is 8.05. The first-order chi connectivity index (χ1) is 6.83. The highest BCUT2D eigenvalue weighted by Gasteiger charge is 2.63. The molecule has 72 valence electrons. The summed E-state index contributed by atoms with van der Waals surface area (Å²) >= 11 is 0. The van der Waals surface area contributed by atoms with E-state index in [-0.39, 0.29) is 11.2 Å². The Bertz CT molecular complexity index is 379. The standard InChI is InChI=1S/C10H10N2O2/c13-9(7-2-11-6-12-3-7)10-1-8(10)4-14-5-10/h2-3,6,8H,1,4-5H2. The van der Waals surface area contributed by atoms with Gasteiger partial charge in [-0.05, 0) is 12.3 Å². The van der Waals surface area contributed by atoms with E-state index in [0.29, 0.717) is 18.1 Å². The van der Waals surface area contributed by atoms with Crippen LogP contribution in [0.4, 0.5) is 0 Å². The lowest BCUT2D eigenvalue weighted by atomic mass is 9.96. The second-order valence-electron chi connectivity index (χ2n) is 4.03. The highest BCUT2D eigenvalue weighted by Crippen LogP contribution is 2.58. The van der Waals surface area contributed by atoms with Gasteiger partial charge in [0.25, 0.3) is 0 Å². The fourth-order valence-electron chi connectivity index (χ4n) is 2.21. The maximum atomic E-state index is 12.1. The van der Waals surface area contributed by atoms with Crippen molar-refractivity contribution in [3.63, 3.8) is 0 Å². The van der Waals surface area contributed by atoms with Crippen LogP contribution in [0.2, 0.25) is 0 Å². The van der Waals surface area contributed by atoms with Gasteiger partial charge in [0.2, 0.25) is 0 Å². The van der Waals surface area contributed by atoms with Crippen LogP contribution < -0.4 is 0 Å². The monoisotopic (exact) mass is 190 g/mol. The normalized spacial score (nSPS) is 33.9. The summed E-state index contributed by atoms with van der Waals surface area (Å²) in [4.78, 5) is 19.8. The van der Waals surface area contributed by atoms with Crippen LogP contribution in [0.5, 0.6) is 0 Å². The summed E-state index contributed by atoms with van der Waals surface area (Å²) < 4.78 is 5.29. The molecule has 2 unspecified atom stereocenters. The molecule has 1 aliphatic heterocycles. The topological polar surface area (TPSA) is 52.1 Å². The van der Waals surface area contributed by atoms with Crippen molar-refractivity contribution in [2.45, 2.75) is 6.42 Å². The molecule has 1 aromatic rings. The molecule has 2 aliphatic rings. The number of ketones is 1. The molecule has 0 radical (unpaired) electrons. The quantitative estimate of drug-likeness (QED) is 0.644. The van der Waals surface area contributed by atoms with Gasteiger partial charge in [-0.1, -0.05) is 0 Å². The van der Waals surface area contributed by atoms with E-state index in [1.54, 1.807) is 12.4 Å². The third-order valence-electron chi connectivity index (χ3n) is 3.19. The second-order valence-corrected chi connectivity index (χ2v) is 4.03. The van der Waals surface area contributed by atoms with Gasteiger partial charge in [0.05, 0.1) is 24.2 Å². The Morgan fingerprint density at radius 2 is 2.29 bits per heavy atom. The molecule has 1 saturated heterocycles. The number of ether oxygens (including phenoxy) is 1. The molecule has 0 aromatic carbocycles. The van der Waals surface area contributed by atoms with Gasteiger partial charge in [0.1, 0.15) is 6.33 Å². The molecule has 2 fully saturated rings. The average molecular weight is 190 g/mol. The molecule has 4 heteroatoms. The largest absolute Gasteiger partial charge is 0.380 e. The SMILES string of the molecule is O=C(c1cncnc1)C12COCC1C2. The number of hydrogen-bond acceptors (Lipinski definition) is 4. The summed E-state index contributed by atoms with van der Waals surface area (Å²) in [7, 11) is 0. The van der Waals surface area contributed by atoms with E-state index in [4.69, 9.17) is 4.74 Å². The highest BCUT2D eigenvalue weighted by atomic mass is 16.5. The number of carbonyl (C=O) groups excluding carboxylic acids is 1. The molecule has 1 aliphatic carbocycles. The minimum absolute atomic E-state index is 0.153. The minimum Gasteiger partial charge on any atom is -0.380 e. The first-order valence-corrected chi connectivity index (χ1v) is 4.70. The molecule has 0 bridgehead atoms. The maximum Gasteiger partial charge on any atom is 0.174 e. The van der Waals surface area contributed by atoms with Crippen molar-refractivity contribution in [3.8, 4) is 0 Å². The van der Waals surface area contributed by atoms with Gasteiger partial charge in [-0.15, -0.1) is 0 Å². The highest BCUT2D eigenvalue weighted by molar-refractivity contribution is 6.02. The van der Waals surface area contributed by atoms with Gasteiger partial charge in [0.15, 0.2) is 5.78 Å². The van der Waals surface area contributed by atoms with Crippen LogP contribution in [0.3, 0.4) is 0 Å². The number of carbonyl (C=O) groups is 1. The van der Waals surface area contributed by atoms with Gasteiger partial charge in [-0.25, -0.2) is 9.97 Å². The predicted molar refractivity (Wildman–Crippen MR) is 47.7 cm³/mol. The molecule has 4 nitrogen and oxygen atoms in total. The number of Topliss-reactive ketones (excluding diaryl/α,β-unsaturated/α-hetero) is 1. The van der Waals surface area contributed by atoms with Gasteiger partial charge < -0.3 is 4.74 Å². The van der Waals surface area contributed by atoms with E-state index < -0.39 is 0 Å². The molecule has 14 heavy (non-hydrogen) atoms. The van der Waals surface area contributed by atoms with E-state index in [1.807, 2.05) is 0 Å². The minimum atomic E-state index is -0.218. The van der Waals surface area contributed by atoms with E-state index in [0.717, 1.165) is 13.0 Å². The van der Waals surface area contributed by atoms with Crippen LogP contribution in [0.1, 0.15) is 16.8 Å². The molecule has 0 amide bonds. The van der Waals surface area contributed by atoms with Gasteiger partial charge in [-0.2, -0.15) is 0 Å². The summed E-state index contributed by atoms with van der Waals surface area (Å²) in [6.45, 7) is 1.31. The number of aromatic nitrogens is 2. The number of hydrogen-bond donors (Lipinski definition) is 0. The van der Waals surface area contributed by atoms with Crippen molar-refractivity contribution in [2.24, 2.45) is 11.3 Å². The summed E-state index contributed by atoms with van der Waals surface area (Å²) in [5.74, 6) is 0.593.